The second-order valence-electron chi connectivity index (χ2n) is 28.5. The summed E-state index contributed by atoms with van der Waals surface area (Å²) in [5.74, 6) is 3.08. The Balaban J connectivity index is 0.000000149. The molecular formula is C66H86N16O9. The third kappa shape index (κ3) is 13.2. The Morgan fingerprint density at radius 1 is 0.549 bits per heavy atom. The summed E-state index contributed by atoms with van der Waals surface area (Å²) in [5.41, 5.74) is 2.44. The Hall–Kier alpha value is -8.48. The van der Waals surface area contributed by atoms with Crippen LogP contribution in [0, 0.1) is 23.7 Å². The first-order valence-electron chi connectivity index (χ1n) is 32.2. The number of carboxylic acids is 1. The summed E-state index contributed by atoms with van der Waals surface area (Å²) in [5, 5.41) is 20.3. The number of hydrogen-bond donors (Lipinski definition) is 4. The molecule has 4 saturated carbocycles. The highest BCUT2D eigenvalue weighted by Crippen LogP contribution is 2.53. The number of carboxylic acid groups (broad SMARTS) is 1. The lowest BCUT2D eigenvalue weighted by Crippen LogP contribution is -2.57. The van der Waals surface area contributed by atoms with Crippen LogP contribution < -0.4 is 16.0 Å². The van der Waals surface area contributed by atoms with Gasteiger partial charge in [0.1, 0.15) is 45.5 Å². The number of piperazine rings is 2. The van der Waals surface area contributed by atoms with Gasteiger partial charge in [0.2, 0.25) is 11.9 Å². The second-order valence-corrected chi connectivity index (χ2v) is 28.5. The van der Waals surface area contributed by atoms with E-state index >= 15 is 0 Å². The number of nitrogens with zero attached hydrogens (tertiary/aromatic N) is 13. The molecule has 10 atom stereocenters. The number of rotatable bonds is 10. The van der Waals surface area contributed by atoms with Gasteiger partial charge in [0, 0.05) is 114 Å². The first-order valence-corrected chi connectivity index (χ1v) is 32.2. The lowest BCUT2D eigenvalue weighted by Gasteiger charge is -2.41. The second kappa shape index (κ2) is 25.0. The standard InChI is InChI=1S/C33H42N8O4.C22H24N6O3.C11H20N2O2/c1-33(2,3)45-32(44)40-23-9-10-24(40)18-39(17-23)29(42)21-8-11-27(34-15-21)36-31-35-16-22-14-26(30(43)38(4)5)41(28(22)37-31)25-13-19-6-7-20(25)12-19;1-27(2)20(29)17-9-15-11-24-22(25-18-6-5-14(10-23-18)21(30)31)26-19(15)28(17)16-8-12-3-4-13(16)7-12;1-11(2,3)15-10(14)13-8-4-5-9(13)7-12-6-8/h8,11,14-16,19-20,23-25H,6-7,9-10,12-13,17-18H2,1-5H3,(H,34,35,36,37);5-6,9-13,16H,3-4,7-8H2,1-2H3,(H,30,31)(H,23,24,25,26);8-9,12H,4-7H2,1-3H3/t19-,20+,23?,24?,25+;12-,13+,16+;/m00./s1. The molecule has 4 unspecified atom stereocenters. The van der Waals surface area contributed by atoms with Crippen LogP contribution in [0.25, 0.3) is 22.1 Å². The molecular weight excluding hydrogens is 1160 g/mol. The number of pyridine rings is 2. The summed E-state index contributed by atoms with van der Waals surface area (Å²) < 4.78 is 15.3. The quantitative estimate of drug-likeness (QED) is 0.0993. The van der Waals surface area contributed by atoms with Gasteiger partial charge in [-0.2, -0.15) is 9.97 Å². The lowest BCUT2D eigenvalue weighted by atomic mass is 9.95. The van der Waals surface area contributed by atoms with Crippen LogP contribution in [-0.2, 0) is 9.47 Å². The fourth-order valence-corrected chi connectivity index (χ4v) is 15.3. The first-order chi connectivity index (χ1) is 43.3. The minimum Gasteiger partial charge on any atom is -0.478 e. The molecule has 4 aliphatic carbocycles. The molecule has 4 aliphatic heterocycles. The Kier molecular flexibility index (Phi) is 17.2. The van der Waals surface area contributed by atoms with Crippen molar-refractivity contribution in [1.29, 1.82) is 0 Å². The molecule has 8 aliphatic rings. The molecule has 484 valence electrons. The van der Waals surface area contributed by atoms with Crippen molar-refractivity contribution in [3.8, 4) is 0 Å². The van der Waals surface area contributed by atoms with Crippen LogP contribution in [0.15, 0.2) is 61.2 Å². The largest absolute Gasteiger partial charge is 0.478 e. The van der Waals surface area contributed by atoms with Crippen molar-refractivity contribution in [3.63, 3.8) is 0 Å². The minimum atomic E-state index is -1.03. The minimum absolute atomic E-state index is 0.0357. The zero-order chi connectivity index (χ0) is 64.4. The number of fused-ring (bicyclic) bond motifs is 10. The molecule has 25 heteroatoms. The molecule has 6 aromatic heterocycles. The van der Waals surface area contributed by atoms with E-state index in [1.54, 1.807) is 74.8 Å². The van der Waals surface area contributed by atoms with Gasteiger partial charge in [-0.05, 0) is 166 Å². The third-order valence-electron chi connectivity index (χ3n) is 19.3. The molecule has 0 spiro atoms. The summed E-state index contributed by atoms with van der Waals surface area (Å²) in [6.45, 7) is 14.1. The number of anilines is 4. The van der Waals surface area contributed by atoms with E-state index in [1.165, 1.54) is 50.8 Å². The van der Waals surface area contributed by atoms with Crippen LogP contribution in [0.4, 0.5) is 33.1 Å². The van der Waals surface area contributed by atoms with Crippen molar-refractivity contribution in [1.82, 2.24) is 68.9 Å². The summed E-state index contributed by atoms with van der Waals surface area (Å²) in [6, 6.07) is 11.5. The molecule has 91 heavy (non-hydrogen) atoms. The number of nitrogens with one attached hydrogen (secondary N) is 3. The average molecular weight is 1250 g/mol. The van der Waals surface area contributed by atoms with Gasteiger partial charge in [0.05, 0.1) is 23.2 Å². The Labute approximate surface area is 530 Å². The van der Waals surface area contributed by atoms with Gasteiger partial charge in [-0.1, -0.05) is 12.8 Å². The van der Waals surface area contributed by atoms with Crippen molar-refractivity contribution in [3.05, 3.63) is 83.7 Å². The molecule has 6 aromatic rings. The average Bonchev–Trinajstić information content (AvgIpc) is 1.62. The molecule has 14 rings (SSSR count). The first kappa shape index (κ1) is 62.7. The maximum atomic E-state index is 13.4. The van der Waals surface area contributed by atoms with Gasteiger partial charge in [-0.25, -0.2) is 34.3 Å². The Morgan fingerprint density at radius 3 is 1.35 bits per heavy atom. The number of aromatic carboxylic acids is 1. The van der Waals surface area contributed by atoms with E-state index in [1.807, 2.05) is 68.4 Å². The number of ether oxygens (including phenoxy) is 2. The summed E-state index contributed by atoms with van der Waals surface area (Å²) >= 11 is 0. The topological polar surface area (TPSA) is 281 Å². The third-order valence-corrected chi connectivity index (χ3v) is 19.3. The van der Waals surface area contributed by atoms with Crippen molar-refractivity contribution < 1.29 is 43.3 Å². The molecule has 5 amide bonds. The van der Waals surface area contributed by atoms with E-state index < -0.39 is 11.6 Å². The molecule has 0 radical (unpaired) electrons. The maximum Gasteiger partial charge on any atom is 0.410 e. The number of amides is 5. The van der Waals surface area contributed by atoms with Crippen LogP contribution in [0.2, 0.25) is 0 Å². The van der Waals surface area contributed by atoms with Crippen LogP contribution in [-0.4, -0.2) is 194 Å². The molecule has 4 N–H and O–H groups in total. The molecule has 4 saturated heterocycles. The zero-order valence-electron chi connectivity index (χ0n) is 53.9. The smallest absolute Gasteiger partial charge is 0.410 e. The fraction of sp³-hybridized carbons (Fsp3) is 0.576. The summed E-state index contributed by atoms with van der Waals surface area (Å²) in [7, 11) is 7.07. The van der Waals surface area contributed by atoms with Gasteiger partial charge in [0.15, 0.2) is 0 Å². The van der Waals surface area contributed by atoms with E-state index in [4.69, 9.17) is 24.5 Å². The molecule has 0 aromatic carbocycles. The lowest BCUT2D eigenvalue weighted by molar-refractivity contribution is -0.00341. The number of carbonyl (C=O) groups is 6. The monoisotopic (exact) mass is 1250 g/mol. The number of carbonyl (C=O) groups excluding carboxylic acids is 5. The predicted molar refractivity (Wildman–Crippen MR) is 341 cm³/mol. The van der Waals surface area contributed by atoms with Crippen molar-refractivity contribution in [2.75, 3.05) is 65.0 Å². The highest BCUT2D eigenvalue weighted by atomic mass is 16.6. The number of likely N-dealkylation sites (tertiary alicyclic amines) is 1. The number of aromatic nitrogens is 8. The summed E-state index contributed by atoms with van der Waals surface area (Å²) in [6.07, 6.45) is 19.3. The summed E-state index contributed by atoms with van der Waals surface area (Å²) in [4.78, 5) is 111. The highest BCUT2D eigenvalue weighted by Gasteiger charge is 2.47. The van der Waals surface area contributed by atoms with Gasteiger partial charge in [-0.15, -0.1) is 0 Å². The highest BCUT2D eigenvalue weighted by molar-refractivity contribution is 5.99. The normalized spacial score (nSPS) is 25.2. The van der Waals surface area contributed by atoms with Crippen LogP contribution in [0.1, 0.15) is 172 Å². The van der Waals surface area contributed by atoms with E-state index in [9.17, 15) is 28.8 Å². The Bertz CT molecular complexity index is 3710. The maximum absolute atomic E-state index is 13.4. The van der Waals surface area contributed by atoms with Crippen molar-refractivity contribution in [2.24, 2.45) is 23.7 Å². The molecule has 8 fully saturated rings. The van der Waals surface area contributed by atoms with Gasteiger partial charge in [-0.3, -0.25) is 24.2 Å². The number of hydrogen-bond acceptors (Lipinski definition) is 17. The fourth-order valence-electron chi connectivity index (χ4n) is 15.3. The molecule has 25 nitrogen and oxygen atoms in total. The van der Waals surface area contributed by atoms with E-state index in [-0.39, 0.29) is 65.2 Å². The van der Waals surface area contributed by atoms with Gasteiger partial charge in [0.25, 0.3) is 17.7 Å². The van der Waals surface area contributed by atoms with Crippen molar-refractivity contribution in [2.45, 2.75) is 166 Å². The predicted octanol–water partition coefficient (Wildman–Crippen LogP) is 9.55. The SMILES string of the molecule is CC(C)(C)OC(=O)N1C2CCC1CNC2.CN(C)C(=O)c1cc2cnc(Nc3ccc(C(=O)N4CC5CCC(C4)N5C(=O)OC(C)(C)C)cn3)nc2n1[C@@H]1C[C@H]2CC[C@@H]1C2.CN(C)C(=O)c1cc2cnc(Nc3ccc(C(=O)O)cn3)nc2n1[C@@H]1C[C@H]2CC[C@@H]1C2. The molecule has 10 heterocycles. The van der Waals surface area contributed by atoms with Gasteiger partial charge < -0.3 is 54.4 Å². The van der Waals surface area contributed by atoms with Crippen LogP contribution >= 0.6 is 0 Å². The zero-order valence-corrected chi connectivity index (χ0v) is 53.9. The van der Waals surface area contributed by atoms with E-state index in [0.29, 0.717) is 83.4 Å². The molecule has 8 bridgehead atoms. The Morgan fingerprint density at radius 2 is 0.978 bits per heavy atom. The van der Waals surface area contributed by atoms with E-state index in [2.05, 4.69) is 45.0 Å². The van der Waals surface area contributed by atoms with Crippen LogP contribution in [0.5, 0.6) is 0 Å². The van der Waals surface area contributed by atoms with Crippen LogP contribution in [0.3, 0.4) is 0 Å². The van der Waals surface area contributed by atoms with Crippen molar-refractivity contribution >= 4 is 81.5 Å². The van der Waals surface area contributed by atoms with E-state index in [0.717, 1.165) is 79.6 Å². The van der Waals surface area contributed by atoms with Gasteiger partial charge >= 0.3 is 18.2 Å².